The first kappa shape index (κ1) is 12.5. The molecule has 0 heterocycles. The normalized spacial score (nSPS) is 10.4. The van der Waals surface area contributed by atoms with Crippen LogP contribution in [0, 0.1) is 0 Å². The number of amides is 1. The number of nitrogens with two attached hydrogens (primary N) is 1. The van der Waals surface area contributed by atoms with Crippen molar-refractivity contribution >= 4 is 5.91 Å². The van der Waals surface area contributed by atoms with Crippen LogP contribution in [0.4, 0.5) is 0 Å². The molecule has 0 aliphatic heterocycles. The molecule has 0 aliphatic carbocycles. The number of likely N-dealkylation sites (N-methyl/N-ethyl adjacent to an activating group) is 1. The van der Waals surface area contributed by atoms with Crippen LogP contribution >= 0.6 is 0 Å². The van der Waals surface area contributed by atoms with Gasteiger partial charge in [0.15, 0.2) is 0 Å². The van der Waals surface area contributed by atoms with Crippen LogP contribution in [-0.2, 0) is 0 Å². The fourth-order valence-electron chi connectivity index (χ4n) is 1.19. The van der Waals surface area contributed by atoms with Gasteiger partial charge < -0.3 is 15.4 Å². The fourth-order valence-corrected chi connectivity index (χ4v) is 1.19. The summed E-state index contributed by atoms with van der Waals surface area (Å²) in [5.74, 6) is 0.340. The molecule has 0 atom stereocenters. The molecule has 0 saturated carbocycles. The van der Waals surface area contributed by atoms with Gasteiger partial charge in [-0.2, -0.15) is 0 Å². The molecular formula is C12H18N2O2. The van der Waals surface area contributed by atoms with E-state index in [9.17, 15) is 4.79 Å². The number of hydrogen-bond acceptors (Lipinski definition) is 3. The van der Waals surface area contributed by atoms with Crippen molar-refractivity contribution in [2.75, 3.05) is 26.7 Å². The van der Waals surface area contributed by atoms with Crippen LogP contribution in [0.5, 0.6) is 5.75 Å². The molecular weight excluding hydrogens is 204 g/mol. The molecule has 0 radical (unpaired) electrons. The Labute approximate surface area is 96.0 Å². The van der Waals surface area contributed by atoms with Crippen LogP contribution in [0.25, 0.3) is 0 Å². The molecule has 0 aromatic heterocycles. The molecule has 1 amide bonds. The first-order chi connectivity index (χ1) is 7.63. The van der Waals surface area contributed by atoms with Crippen LogP contribution in [-0.4, -0.2) is 37.6 Å². The van der Waals surface area contributed by atoms with Gasteiger partial charge in [0.25, 0.3) is 0 Å². The minimum Gasteiger partial charge on any atom is -0.492 e. The zero-order chi connectivity index (χ0) is 12.0. The monoisotopic (exact) mass is 222 g/mol. The van der Waals surface area contributed by atoms with Crippen molar-refractivity contribution in [3.8, 4) is 5.75 Å². The van der Waals surface area contributed by atoms with Crippen molar-refractivity contribution in [3.05, 3.63) is 29.8 Å². The third-order valence-electron chi connectivity index (χ3n) is 2.42. The number of hydrogen-bond donors (Lipinski definition) is 1. The first-order valence-electron chi connectivity index (χ1n) is 5.34. The lowest BCUT2D eigenvalue weighted by atomic mass is 10.2. The Morgan fingerprint density at radius 3 is 2.50 bits per heavy atom. The van der Waals surface area contributed by atoms with Crippen molar-refractivity contribution in [2.24, 2.45) is 5.73 Å². The summed E-state index contributed by atoms with van der Waals surface area (Å²) < 4.78 is 5.52. The van der Waals surface area contributed by atoms with Gasteiger partial charge in [-0.1, -0.05) is 6.92 Å². The summed E-state index contributed by atoms with van der Waals surface area (Å²) in [6.07, 6.45) is 0. The van der Waals surface area contributed by atoms with E-state index < -0.39 is 5.91 Å². The second-order valence-corrected chi connectivity index (χ2v) is 3.63. The van der Waals surface area contributed by atoms with Crippen LogP contribution in [0.1, 0.15) is 17.3 Å². The van der Waals surface area contributed by atoms with E-state index in [1.807, 2.05) is 7.05 Å². The summed E-state index contributed by atoms with van der Waals surface area (Å²) in [7, 11) is 2.04. The number of carbonyl (C=O) groups excluding carboxylic acids is 1. The van der Waals surface area contributed by atoms with Gasteiger partial charge in [0.2, 0.25) is 5.91 Å². The minimum absolute atomic E-state index is 0.419. The average Bonchev–Trinajstić information content (AvgIpc) is 2.29. The number of primary amides is 1. The van der Waals surface area contributed by atoms with E-state index in [-0.39, 0.29) is 0 Å². The van der Waals surface area contributed by atoms with Crippen LogP contribution in [0.15, 0.2) is 24.3 Å². The number of carbonyl (C=O) groups is 1. The molecule has 4 heteroatoms. The number of rotatable bonds is 6. The molecule has 0 saturated heterocycles. The van der Waals surface area contributed by atoms with Gasteiger partial charge in [-0.25, -0.2) is 0 Å². The maximum absolute atomic E-state index is 10.8. The van der Waals surface area contributed by atoms with Gasteiger partial charge in [-0.15, -0.1) is 0 Å². The maximum Gasteiger partial charge on any atom is 0.248 e. The molecule has 0 spiro atoms. The Morgan fingerprint density at radius 2 is 2.00 bits per heavy atom. The molecule has 1 rings (SSSR count). The summed E-state index contributed by atoms with van der Waals surface area (Å²) in [6, 6.07) is 6.85. The Bertz CT molecular complexity index is 335. The first-order valence-corrected chi connectivity index (χ1v) is 5.34. The number of nitrogens with zero attached hydrogens (tertiary/aromatic N) is 1. The van der Waals surface area contributed by atoms with Crippen molar-refractivity contribution in [1.29, 1.82) is 0 Å². The van der Waals surface area contributed by atoms with Crippen molar-refractivity contribution in [3.63, 3.8) is 0 Å². The van der Waals surface area contributed by atoms with E-state index in [4.69, 9.17) is 10.5 Å². The highest BCUT2D eigenvalue weighted by atomic mass is 16.5. The highest BCUT2D eigenvalue weighted by Crippen LogP contribution is 2.11. The summed E-state index contributed by atoms with van der Waals surface area (Å²) in [5.41, 5.74) is 5.63. The largest absolute Gasteiger partial charge is 0.492 e. The lowest BCUT2D eigenvalue weighted by Crippen LogP contribution is -2.23. The molecule has 0 unspecified atom stereocenters. The fraction of sp³-hybridized carbons (Fsp3) is 0.417. The zero-order valence-corrected chi connectivity index (χ0v) is 9.77. The predicted molar refractivity (Wildman–Crippen MR) is 63.6 cm³/mol. The molecule has 1 aromatic carbocycles. The van der Waals surface area contributed by atoms with E-state index >= 15 is 0 Å². The van der Waals surface area contributed by atoms with E-state index in [1.54, 1.807) is 24.3 Å². The van der Waals surface area contributed by atoms with Gasteiger partial charge in [-0.05, 0) is 37.9 Å². The van der Waals surface area contributed by atoms with Gasteiger partial charge in [0.05, 0.1) is 0 Å². The Hall–Kier alpha value is -1.55. The lowest BCUT2D eigenvalue weighted by molar-refractivity contribution is 0.100. The topological polar surface area (TPSA) is 55.6 Å². The quantitative estimate of drug-likeness (QED) is 0.784. The summed E-state index contributed by atoms with van der Waals surface area (Å²) in [6.45, 7) is 4.62. The Morgan fingerprint density at radius 1 is 1.38 bits per heavy atom. The summed E-state index contributed by atoms with van der Waals surface area (Å²) in [5, 5.41) is 0. The SMILES string of the molecule is CCN(C)CCOc1ccc(C(N)=O)cc1. The standard InChI is InChI=1S/C12H18N2O2/c1-3-14(2)8-9-16-11-6-4-10(5-7-11)12(13)15/h4-7H,3,8-9H2,1-2H3,(H2,13,15). The zero-order valence-electron chi connectivity index (χ0n) is 9.77. The van der Waals surface area contributed by atoms with Crippen molar-refractivity contribution < 1.29 is 9.53 Å². The molecule has 0 fully saturated rings. The molecule has 88 valence electrons. The average molecular weight is 222 g/mol. The third kappa shape index (κ3) is 3.90. The van der Waals surface area contributed by atoms with Gasteiger partial charge in [0.1, 0.15) is 12.4 Å². The van der Waals surface area contributed by atoms with Crippen molar-refractivity contribution in [2.45, 2.75) is 6.92 Å². The van der Waals surface area contributed by atoms with Gasteiger partial charge >= 0.3 is 0 Å². The van der Waals surface area contributed by atoms with E-state index in [0.29, 0.717) is 12.2 Å². The minimum atomic E-state index is -0.419. The molecule has 0 aliphatic rings. The van der Waals surface area contributed by atoms with E-state index in [0.717, 1.165) is 18.8 Å². The summed E-state index contributed by atoms with van der Waals surface area (Å²) in [4.78, 5) is 13.0. The predicted octanol–water partition coefficient (Wildman–Crippen LogP) is 1.12. The highest BCUT2D eigenvalue weighted by Gasteiger charge is 2.00. The highest BCUT2D eigenvalue weighted by molar-refractivity contribution is 5.92. The van der Waals surface area contributed by atoms with E-state index in [1.165, 1.54) is 0 Å². The Balaban J connectivity index is 2.40. The molecule has 16 heavy (non-hydrogen) atoms. The van der Waals surface area contributed by atoms with Crippen LogP contribution < -0.4 is 10.5 Å². The molecule has 1 aromatic rings. The van der Waals surface area contributed by atoms with Crippen LogP contribution in [0.3, 0.4) is 0 Å². The maximum atomic E-state index is 10.8. The van der Waals surface area contributed by atoms with Crippen LogP contribution in [0.2, 0.25) is 0 Å². The molecule has 2 N–H and O–H groups in total. The van der Waals surface area contributed by atoms with Gasteiger partial charge in [0, 0.05) is 12.1 Å². The van der Waals surface area contributed by atoms with Gasteiger partial charge in [-0.3, -0.25) is 4.79 Å². The third-order valence-corrected chi connectivity index (χ3v) is 2.42. The summed E-state index contributed by atoms with van der Waals surface area (Å²) >= 11 is 0. The lowest BCUT2D eigenvalue weighted by Gasteiger charge is -2.14. The van der Waals surface area contributed by atoms with E-state index in [2.05, 4.69) is 11.8 Å². The van der Waals surface area contributed by atoms with Crippen molar-refractivity contribution in [1.82, 2.24) is 4.90 Å². The molecule has 4 nitrogen and oxygen atoms in total. The second kappa shape index (κ2) is 6.12. The number of ether oxygens (including phenoxy) is 1. The number of benzene rings is 1. The second-order valence-electron chi connectivity index (χ2n) is 3.63. The molecule has 0 bridgehead atoms. The smallest absolute Gasteiger partial charge is 0.248 e. The Kier molecular flexibility index (Phi) is 4.79.